The molecule has 0 radical (unpaired) electrons. The molecule has 2 N–H and O–H groups in total. The average molecular weight is 282 g/mol. The highest BCUT2D eigenvalue weighted by molar-refractivity contribution is 7.90. The van der Waals surface area contributed by atoms with Gasteiger partial charge in [0.05, 0.1) is 24.2 Å². The summed E-state index contributed by atoms with van der Waals surface area (Å²) in [6.45, 7) is 1.78. The Morgan fingerprint density at radius 3 is 2.68 bits per heavy atom. The third-order valence-corrected chi connectivity index (χ3v) is 4.29. The highest BCUT2D eigenvalue weighted by atomic mass is 32.2. The van der Waals surface area contributed by atoms with E-state index in [4.69, 9.17) is 15.7 Å². The summed E-state index contributed by atoms with van der Waals surface area (Å²) in [5, 5.41) is 8.86. The second-order valence-corrected chi connectivity index (χ2v) is 6.69. The van der Waals surface area contributed by atoms with Crippen LogP contribution in [0.25, 0.3) is 0 Å². The van der Waals surface area contributed by atoms with Gasteiger partial charge in [0.1, 0.15) is 11.8 Å². The van der Waals surface area contributed by atoms with Gasteiger partial charge in [0.15, 0.2) is 9.84 Å². The van der Waals surface area contributed by atoms with Crippen LogP contribution in [0.5, 0.6) is 5.75 Å². The third-order valence-electron chi connectivity index (χ3n) is 2.66. The van der Waals surface area contributed by atoms with E-state index in [-0.39, 0.29) is 17.5 Å². The Morgan fingerprint density at radius 1 is 1.47 bits per heavy atom. The van der Waals surface area contributed by atoms with Gasteiger partial charge in [-0.05, 0) is 31.0 Å². The molecule has 0 amide bonds. The van der Waals surface area contributed by atoms with Gasteiger partial charge in [0, 0.05) is 6.04 Å². The number of ether oxygens (including phenoxy) is 1. The first-order chi connectivity index (χ1) is 8.88. The van der Waals surface area contributed by atoms with Gasteiger partial charge in [0.2, 0.25) is 0 Å². The fourth-order valence-corrected chi connectivity index (χ4v) is 3.17. The van der Waals surface area contributed by atoms with Crippen molar-refractivity contribution in [2.45, 2.75) is 25.1 Å². The Morgan fingerprint density at radius 2 is 2.16 bits per heavy atom. The molecule has 0 fully saturated rings. The van der Waals surface area contributed by atoms with Gasteiger partial charge in [-0.15, -0.1) is 0 Å². The molecule has 19 heavy (non-hydrogen) atoms. The van der Waals surface area contributed by atoms with E-state index in [2.05, 4.69) is 0 Å². The number of nitriles is 1. The summed E-state index contributed by atoms with van der Waals surface area (Å²) in [6.07, 6.45) is 0.440. The molecule has 0 aliphatic carbocycles. The highest BCUT2D eigenvalue weighted by Gasteiger charge is 2.14. The van der Waals surface area contributed by atoms with Gasteiger partial charge >= 0.3 is 0 Å². The van der Waals surface area contributed by atoms with Crippen LogP contribution in [0.4, 0.5) is 0 Å². The Kier molecular flexibility index (Phi) is 5.33. The number of hydrogen-bond donors (Lipinski definition) is 1. The molecule has 1 rings (SSSR count). The minimum Gasteiger partial charge on any atom is -0.495 e. The number of nitrogens with zero attached hydrogens (tertiary/aromatic N) is 1. The zero-order valence-electron chi connectivity index (χ0n) is 11.1. The molecule has 0 aliphatic heterocycles. The normalized spacial score (nSPS) is 12.7. The number of nitrogens with two attached hydrogens (primary N) is 1. The minimum absolute atomic E-state index is 0.0625. The molecule has 0 aromatic heterocycles. The van der Waals surface area contributed by atoms with Crippen LogP contribution in [0.3, 0.4) is 0 Å². The van der Waals surface area contributed by atoms with Crippen molar-refractivity contribution in [1.82, 2.24) is 0 Å². The quantitative estimate of drug-likeness (QED) is 0.846. The van der Waals surface area contributed by atoms with Crippen LogP contribution in [0.2, 0.25) is 0 Å². The van der Waals surface area contributed by atoms with Gasteiger partial charge < -0.3 is 10.5 Å². The molecule has 1 aromatic rings. The fourth-order valence-electron chi connectivity index (χ4n) is 1.61. The molecule has 0 aliphatic rings. The standard InChI is InChI=1S/C13H18N2O3S/c1-10(15)5-6-19(16,17)9-11-3-4-12(8-14)13(7-11)18-2/h3-4,7,10H,5-6,9,15H2,1-2H3. The maximum Gasteiger partial charge on any atom is 0.154 e. The number of rotatable bonds is 6. The van der Waals surface area contributed by atoms with Gasteiger partial charge in [-0.2, -0.15) is 5.26 Å². The Labute approximate surface area is 113 Å². The molecule has 0 heterocycles. The molecule has 1 aromatic carbocycles. The largest absolute Gasteiger partial charge is 0.495 e. The van der Waals surface area contributed by atoms with Gasteiger partial charge in [-0.1, -0.05) is 6.07 Å². The summed E-state index contributed by atoms with van der Waals surface area (Å²) < 4.78 is 28.8. The number of sulfone groups is 1. The Balaban J connectivity index is 2.86. The molecule has 5 nitrogen and oxygen atoms in total. The molecule has 0 saturated carbocycles. The van der Waals surface area contributed by atoms with Crippen LogP contribution in [0.1, 0.15) is 24.5 Å². The highest BCUT2D eigenvalue weighted by Crippen LogP contribution is 2.21. The first-order valence-corrected chi connectivity index (χ1v) is 7.73. The summed E-state index contributed by atoms with van der Waals surface area (Å²) in [5.74, 6) is 0.386. The van der Waals surface area contributed by atoms with Gasteiger partial charge in [0.25, 0.3) is 0 Å². The van der Waals surface area contributed by atoms with E-state index in [0.29, 0.717) is 23.3 Å². The minimum atomic E-state index is -3.19. The summed E-state index contributed by atoms with van der Waals surface area (Å²) in [6, 6.07) is 6.63. The maximum atomic E-state index is 11.9. The summed E-state index contributed by atoms with van der Waals surface area (Å²) in [4.78, 5) is 0. The molecule has 0 bridgehead atoms. The average Bonchev–Trinajstić information content (AvgIpc) is 2.36. The predicted molar refractivity (Wildman–Crippen MR) is 73.5 cm³/mol. The van der Waals surface area contributed by atoms with E-state index in [1.807, 2.05) is 6.07 Å². The lowest BCUT2D eigenvalue weighted by atomic mass is 10.1. The van der Waals surface area contributed by atoms with E-state index in [1.165, 1.54) is 7.11 Å². The van der Waals surface area contributed by atoms with Crippen molar-refractivity contribution in [1.29, 1.82) is 5.26 Å². The van der Waals surface area contributed by atoms with Crippen molar-refractivity contribution < 1.29 is 13.2 Å². The van der Waals surface area contributed by atoms with Crippen molar-refractivity contribution in [3.63, 3.8) is 0 Å². The first kappa shape index (κ1) is 15.5. The molecule has 1 atom stereocenters. The van der Waals surface area contributed by atoms with Crippen LogP contribution in [0, 0.1) is 11.3 Å². The van der Waals surface area contributed by atoms with Crippen LogP contribution < -0.4 is 10.5 Å². The molecule has 0 spiro atoms. The molecule has 1 unspecified atom stereocenters. The van der Waals surface area contributed by atoms with E-state index in [0.717, 1.165) is 0 Å². The molecule has 0 saturated heterocycles. The number of hydrogen-bond acceptors (Lipinski definition) is 5. The molecule has 104 valence electrons. The number of benzene rings is 1. The second kappa shape index (κ2) is 6.55. The van der Waals surface area contributed by atoms with Crippen LogP contribution >= 0.6 is 0 Å². The van der Waals surface area contributed by atoms with Crippen LogP contribution in [0.15, 0.2) is 18.2 Å². The topological polar surface area (TPSA) is 93.2 Å². The third kappa shape index (κ3) is 4.89. The summed E-state index contributed by atoms with van der Waals surface area (Å²) in [7, 11) is -1.74. The molecular formula is C13H18N2O3S. The lowest BCUT2D eigenvalue weighted by Crippen LogP contribution is -2.20. The molecule has 6 heteroatoms. The van der Waals surface area contributed by atoms with Crippen molar-refractivity contribution in [2.24, 2.45) is 5.73 Å². The lowest BCUT2D eigenvalue weighted by molar-refractivity contribution is 0.413. The van der Waals surface area contributed by atoms with Gasteiger partial charge in [-0.25, -0.2) is 8.42 Å². The molecular weight excluding hydrogens is 264 g/mol. The second-order valence-electron chi connectivity index (χ2n) is 4.50. The van der Waals surface area contributed by atoms with Crippen molar-refractivity contribution in [3.8, 4) is 11.8 Å². The number of methoxy groups -OCH3 is 1. The Bertz CT molecular complexity index is 574. The zero-order chi connectivity index (χ0) is 14.5. The van der Waals surface area contributed by atoms with Crippen LogP contribution in [-0.4, -0.2) is 27.3 Å². The lowest BCUT2D eigenvalue weighted by Gasteiger charge is -2.08. The van der Waals surface area contributed by atoms with E-state index in [9.17, 15) is 8.42 Å². The SMILES string of the molecule is COc1cc(CS(=O)(=O)CCC(C)N)ccc1C#N. The smallest absolute Gasteiger partial charge is 0.154 e. The van der Waals surface area contributed by atoms with E-state index >= 15 is 0 Å². The monoisotopic (exact) mass is 282 g/mol. The van der Waals surface area contributed by atoms with Crippen LogP contribution in [-0.2, 0) is 15.6 Å². The fraction of sp³-hybridized carbons (Fsp3) is 0.462. The Hall–Kier alpha value is -1.58. The predicted octanol–water partition coefficient (Wildman–Crippen LogP) is 1.22. The van der Waals surface area contributed by atoms with Crippen molar-refractivity contribution in [2.75, 3.05) is 12.9 Å². The van der Waals surface area contributed by atoms with Crippen molar-refractivity contribution >= 4 is 9.84 Å². The van der Waals surface area contributed by atoms with E-state index in [1.54, 1.807) is 25.1 Å². The van der Waals surface area contributed by atoms with Gasteiger partial charge in [-0.3, -0.25) is 0 Å². The first-order valence-electron chi connectivity index (χ1n) is 5.91. The maximum absolute atomic E-state index is 11.9. The summed E-state index contributed by atoms with van der Waals surface area (Å²) in [5.41, 5.74) is 6.56. The van der Waals surface area contributed by atoms with E-state index < -0.39 is 9.84 Å². The van der Waals surface area contributed by atoms with Crippen molar-refractivity contribution in [3.05, 3.63) is 29.3 Å². The summed E-state index contributed by atoms with van der Waals surface area (Å²) >= 11 is 0. The zero-order valence-corrected chi connectivity index (χ0v) is 11.9.